The molecule has 1 heterocycles. The van der Waals surface area contributed by atoms with Crippen molar-refractivity contribution in [3.8, 4) is 0 Å². The molecule has 0 aliphatic carbocycles. The summed E-state index contributed by atoms with van der Waals surface area (Å²) in [6.07, 6.45) is 2.48. The number of benzene rings is 2. The Morgan fingerprint density at radius 3 is 2.43 bits per heavy atom. The third-order valence-corrected chi connectivity index (χ3v) is 4.14. The fraction of sp³-hybridized carbons (Fsp3) is 0.136. The van der Waals surface area contributed by atoms with E-state index < -0.39 is 5.97 Å². The van der Waals surface area contributed by atoms with Gasteiger partial charge in [-0.2, -0.15) is 0 Å². The van der Waals surface area contributed by atoms with Gasteiger partial charge in [-0.3, -0.25) is 9.78 Å². The summed E-state index contributed by atoms with van der Waals surface area (Å²) < 4.78 is 4.66. The number of carbonyl (C=O) groups excluding carboxylic acids is 2. The molecule has 0 radical (unpaired) electrons. The van der Waals surface area contributed by atoms with Crippen molar-refractivity contribution in [2.45, 2.75) is 6.42 Å². The van der Waals surface area contributed by atoms with Crippen LogP contribution >= 0.6 is 0 Å². The predicted molar refractivity (Wildman–Crippen MR) is 109 cm³/mol. The molecule has 6 nitrogen and oxygen atoms in total. The summed E-state index contributed by atoms with van der Waals surface area (Å²) in [5, 5.41) is 6.08. The monoisotopic (exact) mass is 375 g/mol. The molecule has 0 bridgehead atoms. The van der Waals surface area contributed by atoms with Gasteiger partial charge in [-0.05, 0) is 48.4 Å². The van der Waals surface area contributed by atoms with E-state index in [0.717, 1.165) is 18.7 Å². The van der Waals surface area contributed by atoms with Crippen LogP contribution in [0.4, 0.5) is 11.4 Å². The fourth-order valence-electron chi connectivity index (χ4n) is 2.66. The SMILES string of the molecule is COC(=O)c1ccc(NC(=O)c2cc(NCCc3ccccc3)ccn2)cc1. The lowest BCUT2D eigenvalue weighted by molar-refractivity contribution is 0.0600. The van der Waals surface area contributed by atoms with Gasteiger partial charge in [0.15, 0.2) is 0 Å². The number of anilines is 2. The van der Waals surface area contributed by atoms with E-state index in [0.29, 0.717) is 16.9 Å². The number of hydrogen-bond donors (Lipinski definition) is 2. The Kier molecular flexibility index (Phi) is 6.36. The van der Waals surface area contributed by atoms with Gasteiger partial charge in [0.05, 0.1) is 12.7 Å². The van der Waals surface area contributed by atoms with Gasteiger partial charge in [0.1, 0.15) is 5.69 Å². The minimum absolute atomic E-state index is 0.307. The van der Waals surface area contributed by atoms with Gasteiger partial charge in [-0.1, -0.05) is 30.3 Å². The van der Waals surface area contributed by atoms with Gasteiger partial charge in [-0.15, -0.1) is 0 Å². The molecule has 6 heteroatoms. The lowest BCUT2D eigenvalue weighted by Crippen LogP contribution is -2.14. The number of amides is 1. The first kappa shape index (κ1) is 19.1. The second-order valence-electron chi connectivity index (χ2n) is 6.12. The maximum atomic E-state index is 12.4. The lowest BCUT2D eigenvalue weighted by atomic mass is 10.1. The highest BCUT2D eigenvalue weighted by Gasteiger charge is 2.10. The number of pyridine rings is 1. The molecule has 0 saturated carbocycles. The van der Waals surface area contributed by atoms with Crippen molar-refractivity contribution in [3.63, 3.8) is 0 Å². The minimum Gasteiger partial charge on any atom is -0.465 e. The van der Waals surface area contributed by atoms with Crippen molar-refractivity contribution in [2.75, 3.05) is 24.3 Å². The normalized spacial score (nSPS) is 10.2. The van der Waals surface area contributed by atoms with Crippen LogP contribution in [0.3, 0.4) is 0 Å². The van der Waals surface area contributed by atoms with E-state index >= 15 is 0 Å². The van der Waals surface area contributed by atoms with Crippen LogP contribution in [-0.4, -0.2) is 30.5 Å². The molecule has 2 aromatic carbocycles. The van der Waals surface area contributed by atoms with Crippen LogP contribution in [0, 0.1) is 0 Å². The molecule has 142 valence electrons. The first-order chi connectivity index (χ1) is 13.7. The van der Waals surface area contributed by atoms with Crippen LogP contribution in [0.2, 0.25) is 0 Å². The summed E-state index contributed by atoms with van der Waals surface area (Å²) in [6, 6.07) is 20.2. The van der Waals surface area contributed by atoms with Crippen molar-refractivity contribution in [1.29, 1.82) is 0 Å². The van der Waals surface area contributed by atoms with Crippen LogP contribution < -0.4 is 10.6 Å². The topological polar surface area (TPSA) is 80.3 Å². The number of nitrogens with zero attached hydrogens (tertiary/aromatic N) is 1. The molecule has 2 N–H and O–H groups in total. The number of methoxy groups -OCH3 is 1. The van der Waals surface area contributed by atoms with Gasteiger partial charge in [-0.25, -0.2) is 4.79 Å². The predicted octanol–water partition coefficient (Wildman–Crippen LogP) is 3.78. The molecule has 0 spiro atoms. The van der Waals surface area contributed by atoms with Crippen molar-refractivity contribution in [3.05, 3.63) is 89.7 Å². The summed E-state index contributed by atoms with van der Waals surface area (Å²) in [7, 11) is 1.32. The summed E-state index contributed by atoms with van der Waals surface area (Å²) >= 11 is 0. The van der Waals surface area contributed by atoms with Crippen molar-refractivity contribution in [2.24, 2.45) is 0 Å². The minimum atomic E-state index is -0.422. The molecule has 3 rings (SSSR count). The van der Waals surface area contributed by atoms with Crippen molar-refractivity contribution < 1.29 is 14.3 Å². The first-order valence-electron chi connectivity index (χ1n) is 8.89. The highest BCUT2D eigenvalue weighted by Crippen LogP contribution is 2.14. The van der Waals surface area contributed by atoms with E-state index in [1.165, 1.54) is 12.7 Å². The average Bonchev–Trinajstić information content (AvgIpc) is 2.74. The molecular formula is C22H21N3O3. The van der Waals surface area contributed by atoms with E-state index in [9.17, 15) is 9.59 Å². The molecule has 1 aromatic heterocycles. The van der Waals surface area contributed by atoms with E-state index in [1.807, 2.05) is 24.3 Å². The Morgan fingerprint density at radius 1 is 0.964 bits per heavy atom. The Balaban J connectivity index is 1.58. The van der Waals surface area contributed by atoms with Gasteiger partial charge in [0.25, 0.3) is 5.91 Å². The highest BCUT2D eigenvalue weighted by atomic mass is 16.5. The molecule has 0 saturated heterocycles. The molecule has 28 heavy (non-hydrogen) atoms. The molecule has 0 aliphatic rings. The van der Waals surface area contributed by atoms with E-state index in [4.69, 9.17) is 0 Å². The van der Waals surface area contributed by atoms with Gasteiger partial charge >= 0.3 is 5.97 Å². The smallest absolute Gasteiger partial charge is 0.337 e. The Morgan fingerprint density at radius 2 is 1.71 bits per heavy atom. The van der Waals surface area contributed by atoms with Crippen LogP contribution in [-0.2, 0) is 11.2 Å². The summed E-state index contributed by atoms with van der Waals surface area (Å²) in [5.41, 5.74) is 3.38. The second kappa shape index (κ2) is 9.32. The number of rotatable bonds is 7. The van der Waals surface area contributed by atoms with Crippen LogP contribution in [0.25, 0.3) is 0 Å². The largest absolute Gasteiger partial charge is 0.465 e. The number of nitrogens with one attached hydrogen (secondary N) is 2. The van der Waals surface area contributed by atoms with E-state index in [2.05, 4.69) is 32.5 Å². The summed E-state index contributed by atoms with van der Waals surface area (Å²) in [6.45, 7) is 0.754. The quantitative estimate of drug-likeness (QED) is 0.615. The van der Waals surface area contributed by atoms with Gasteiger partial charge < -0.3 is 15.4 Å². The van der Waals surface area contributed by atoms with Crippen molar-refractivity contribution in [1.82, 2.24) is 4.98 Å². The van der Waals surface area contributed by atoms with E-state index in [-0.39, 0.29) is 5.91 Å². The zero-order valence-corrected chi connectivity index (χ0v) is 15.5. The molecule has 0 atom stereocenters. The molecule has 1 amide bonds. The second-order valence-corrected chi connectivity index (χ2v) is 6.12. The van der Waals surface area contributed by atoms with Gasteiger partial charge in [0, 0.05) is 24.1 Å². The van der Waals surface area contributed by atoms with Crippen molar-refractivity contribution >= 4 is 23.3 Å². The zero-order valence-electron chi connectivity index (χ0n) is 15.5. The first-order valence-corrected chi connectivity index (χ1v) is 8.89. The third kappa shape index (κ3) is 5.17. The Labute approximate surface area is 163 Å². The Hall–Kier alpha value is -3.67. The molecule has 0 aliphatic heterocycles. The van der Waals surface area contributed by atoms with Crippen LogP contribution in [0.15, 0.2) is 72.9 Å². The number of ether oxygens (including phenoxy) is 1. The maximum absolute atomic E-state index is 12.4. The maximum Gasteiger partial charge on any atom is 0.337 e. The molecule has 0 fully saturated rings. The van der Waals surface area contributed by atoms with Crippen LogP contribution in [0.1, 0.15) is 26.4 Å². The standard InChI is InChI=1S/C22H21N3O3/c1-28-22(27)17-7-9-18(10-8-17)25-21(26)20-15-19(12-14-24-20)23-13-11-16-5-3-2-4-6-16/h2-10,12,14-15H,11,13H2,1H3,(H,23,24)(H,25,26). The van der Waals surface area contributed by atoms with E-state index in [1.54, 1.807) is 36.5 Å². The number of aromatic nitrogens is 1. The highest BCUT2D eigenvalue weighted by molar-refractivity contribution is 6.03. The van der Waals surface area contributed by atoms with Gasteiger partial charge in [0.2, 0.25) is 0 Å². The molecular weight excluding hydrogens is 354 g/mol. The summed E-state index contributed by atoms with van der Waals surface area (Å²) in [5.74, 6) is -0.744. The zero-order chi connectivity index (χ0) is 19.8. The lowest BCUT2D eigenvalue weighted by Gasteiger charge is -2.09. The number of esters is 1. The molecule has 0 unspecified atom stereocenters. The van der Waals surface area contributed by atoms with Crippen LogP contribution in [0.5, 0.6) is 0 Å². The average molecular weight is 375 g/mol. The fourth-order valence-corrected chi connectivity index (χ4v) is 2.66. The summed E-state index contributed by atoms with van der Waals surface area (Å²) in [4.78, 5) is 28.0. The molecule has 3 aromatic rings. The third-order valence-electron chi connectivity index (χ3n) is 4.14. The number of hydrogen-bond acceptors (Lipinski definition) is 5. The number of carbonyl (C=O) groups is 2. The Bertz CT molecular complexity index is 941.